The lowest BCUT2D eigenvalue weighted by molar-refractivity contribution is -0.143. The molecule has 0 heterocycles. The quantitative estimate of drug-likeness (QED) is 0.830. The van der Waals surface area contributed by atoms with E-state index in [0.717, 1.165) is 22.1 Å². The van der Waals surface area contributed by atoms with Crippen LogP contribution in [0.2, 0.25) is 0 Å². The smallest absolute Gasteiger partial charge is 0.307 e. The normalized spacial score (nSPS) is 12.1. The number of benzene rings is 2. The van der Waals surface area contributed by atoms with Crippen molar-refractivity contribution in [3.8, 4) is 5.75 Å². The summed E-state index contributed by atoms with van der Waals surface area (Å²) in [5.74, 6) is 0.651. The van der Waals surface area contributed by atoms with Crippen molar-refractivity contribution >= 4 is 16.7 Å². The third-order valence-corrected chi connectivity index (χ3v) is 3.50. The van der Waals surface area contributed by atoms with Gasteiger partial charge in [-0.1, -0.05) is 18.2 Å². The van der Waals surface area contributed by atoms with Crippen LogP contribution in [-0.4, -0.2) is 26.7 Å². The van der Waals surface area contributed by atoms with E-state index in [4.69, 9.17) is 9.47 Å². The summed E-state index contributed by atoms with van der Waals surface area (Å²) in [7, 11) is 3.51. The highest BCUT2D eigenvalue weighted by Crippen LogP contribution is 2.25. The number of carbonyl (C=O) groups excluding carboxylic acids is 1. The molecule has 1 atom stereocenters. The minimum Gasteiger partial charge on any atom is -0.497 e. The van der Waals surface area contributed by atoms with Crippen LogP contribution in [0.5, 0.6) is 5.75 Å². The molecule has 0 aliphatic carbocycles. The van der Waals surface area contributed by atoms with E-state index in [2.05, 4.69) is 11.4 Å². The SMILES string of the molecule is CCOC(=O)CC(NC)c1ccc2cc(OC)ccc2c1. The molecule has 4 nitrogen and oxygen atoms in total. The van der Waals surface area contributed by atoms with E-state index in [9.17, 15) is 4.79 Å². The zero-order chi connectivity index (χ0) is 15.2. The lowest BCUT2D eigenvalue weighted by atomic mass is 9.99. The van der Waals surface area contributed by atoms with Gasteiger partial charge in [0, 0.05) is 6.04 Å². The minimum absolute atomic E-state index is 0.0458. The van der Waals surface area contributed by atoms with Crippen molar-refractivity contribution in [3.05, 3.63) is 42.0 Å². The average molecular weight is 287 g/mol. The van der Waals surface area contributed by atoms with E-state index < -0.39 is 0 Å². The highest BCUT2D eigenvalue weighted by atomic mass is 16.5. The van der Waals surface area contributed by atoms with Crippen LogP contribution in [0.4, 0.5) is 0 Å². The molecule has 0 aliphatic heterocycles. The molecule has 0 bridgehead atoms. The van der Waals surface area contributed by atoms with Crippen molar-refractivity contribution in [1.29, 1.82) is 0 Å². The molecule has 0 spiro atoms. The molecule has 21 heavy (non-hydrogen) atoms. The Hall–Kier alpha value is -2.07. The second-order valence-corrected chi connectivity index (χ2v) is 4.82. The highest BCUT2D eigenvalue weighted by Gasteiger charge is 2.15. The highest BCUT2D eigenvalue weighted by molar-refractivity contribution is 5.84. The third-order valence-electron chi connectivity index (χ3n) is 3.50. The van der Waals surface area contributed by atoms with Crippen molar-refractivity contribution in [1.82, 2.24) is 5.32 Å². The monoisotopic (exact) mass is 287 g/mol. The van der Waals surface area contributed by atoms with Crippen LogP contribution < -0.4 is 10.1 Å². The molecule has 0 aliphatic rings. The summed E-state index contributed by atoms with van der Waals surface area (Å²) in [6.07, 6.45) is 0.325. The van der Waals surface area contributed by atoms with Crippen LogP contribution in [0, 0.1) is 0 Å². The van der Waals surface area contributed by atoms with Gasteiger partial charge in [-0.05, 0) is 48.5 Å². The topological polar surface area (TPSA) is 47.6 Å². The van der Waals surface area contributed by atoms with Crippen molar-refractivity contribution < 1.29 is 14.3 Å². The summed E-state index contributed by atoms with van der Waals surface area (Å²) in [4.78, 5) is 11.7. The van der Waals surface area contributed by atoms with Crippen LogP contribution in [0.1, 0.15) is 24.9 Å². The fourth-order valence-corrected chi connectivity index (χ4v) is 2.36. The molecular weight excluding hydrogens is 266 g/mol. The molecule has 0 amide bonds. The number of esters is 1. The zero-order valence-electron chi connectivity index (χ0n) is 12.7. The number of methoxy groups -OCH3 is 1. The first-order chi connectivity index (χ1) is 10.2. The van der Waals surface area contributed by atoms with Gasteiger partial charge >= 0.3 is 5.97 Å². The van der Waals surface area contributed by atoms with Crippen LogP contribution in [0.15, 0.2) is 36.4 Å². The maximum Gasteiger partial charge on any atom is 0.307 e. The fourth-order valence-electron chi connectivity index (χ4n) is 2.36. The Balaban J connectivity index is 2.25. The van der Waals surface area contributed by atoms with E-state index >= 15 is 0 Å². The van der Waals surface area contributed by atoms with Crippen molar-refractivity contribution in [2.45, 2.75) is 19.4 Å². The van der Waals surface area contributed by atoms with Crippen LogP contribution in [0.3, 0.4) is 0 Å². The second kappa shape index (κ2) is 7.09. The second-order valence-electron chi connectivity index (χ2n) is 4.82. The van der Waals surface area contributed by atoms with Crippen molar-refractivity contribution in [3.63, 3.8) is 0 Å². The van der Waals surface area contributed by atoms with Gasteiger partial charge in [-0.15, -0.1) is 0 Å². The summed E-state index contributed by atoms with van der Waals surface area (Å²) in [5.41, 5.74) is 1.07. The molecule has 112 valence electrons. The number of nitrogens with one attached hydrogen (secondary N) is 1. The van der Waals surface area contributed by atoms with E-state index in [0.29, 0.717) is 13.0 Å². The van der Waals surface area contributed by atoms with E-state index in [1.807, 2.05) is 44.3 Å². The molecule has 1 unspecified atom stereocenters. The largest absolute Gasteiger partial charge is 0.497 e. The molecule has 4 heteroatoms. The molecule has 0 radical (unpaired) electrons. The Bertz CT molecular complexity index is 624. The molecule has 1 N–H and O–H groups in total. The van der Waals surface area contributed by atoms with Crippen LogP contribution >= 0.6 is 0 Å². The van der Waals surface area contributed by atoms with E-state index in [-0.39, 0.29) is 12.0 Å². The number of ether oxygens (including phenoxy) is 2. The van der Waals surface area contributed by atoms with Gasteiger partial charge in [-0.2, -0.15) is 0 Å². The predicted octanol–water partition coefficient (Wildman–Crippen LogP) is 3.06. The van der Waals surface area contributed by atoms with Gasteiger partial charge in [0.25, 0.3) is 0 Å². The summed E-state index contributed by atoms with van der Waals surface area (Å²) in [6.45, 7) is 2.22. The number of hydrogen-bond acceptors (Lipinski definition) is 4. The van der Waals surface area contributed by atoms with Gasteiger partial charge < -0.3 is 14.8 Å². The standard InChI is InChI=1S/C17H21NO3/c1-4-21-17(19)11-16(18-2)14-6-5-13-10-15(20-3)8-7-12(13)9-14/h5-10,16,18H,4,11H2,1-3H3. The van der Waals surface area contributed by atoms with Gasteiger partial charge in [0.2, 0.25) is 0 Å². The molecule has 0 fully saturated rings. The van der Waals surface area contributed by atoms with Gasteiger partial charge in [-0.25, -0.2) is 0 Å². The first kappa shape index (κ1) is 15.3. The summed E-state index contributed by atoms with van der Waals surface area (Å²) in [6, 6.07) is 12.1. The third kappa shape index (κ3) is 3.73. The first-order valence-corrected chi connectivity index (χ1v) is 7.08. The summed E-state index contributed by atoms with van der Waals surface area (Å²) >= 11 is 0. The molecule has 0 aromatic heterocycles. The molecule has 2 aromatic rings. The Kier molecular flexibility index (Phi) is 5.17. The Morgan fingerprint density at radius 1 is 1.19 bits per heavy atom. The molecular formula is C17H21NO3. The maximum atomic E-state index is 11.7. The molecule has 2 rings (SSSR count). The van der Waals surface area contributed by atoms with Crippen LogP contribution in [-0.2, 0) is 9.53 Å². The molecule has 0 saturated carbocycles. The lowest BCUT2D eigenvalue weighted by Crippen LogP contribution is -2.21. The van der Waals surface area contributed by atoms with Gasteiger partial charge in [0.1, 0.15) is 5.75 Å². The Morgan fingerprint density at radius 3 is 2.57 bits per heavy atom. The predicted molar refractivity (Wildman–Crippen MR) is 83.6 cm³/mol. The summed E-state index contributed by atoms with van der Waals surface area (Å²) < 4.78 is 10.2. The Labute approximate surface area is 125 Å². The Morgan fingerprint density at radius 2 is 1.90 bits per heavy atom. The van der Waals surface area contributed by atoms with Gasteiger partial charge in [0.05, 0.1) is 20.1 Å². The maximum absolute atomic E-state index is 11.7. The average Bonchev–Trinajstić information content (AvgIpc) is 2.51. The minimum atomic E-state index is -0.188. The van der Waals surface area contributed by atoms with E-state index in [1.54, 1.807) is 7.11 Å². The zero-order valence-corrected chi connectivity index (χ0v) is 12.7. The summed E-state index contributed by atoms with van der Waals surface area (Å²) in [5, 5.41) is 5.41. The first-order valence-electron chi connectivity index (χ1n) is 7.08. The lowest BCUT2D eigenvalue weighted by Gasteiger charge is -2.16. The van der Waals surface area contributed by atoms with Crippen molar-refractivity contribution in [2.24, 2.45) is 0 Å². The number of fused-ring (bicyclic) bond motifs is 1. The van der Waals surface area contributed by atoms with E-state index in [1.165, 1.54) is 0 Å². The molecule has 0 saturated heterocycles. The number of carbonyl (C=O) groups is 1. The molecule has 2 aromatic carbocycles. The fraction of sp³-hybridized carbons (Fsp3) is 0.353. The van der Waals surface area contributed by atoms with Crippen LogP contribution in [0.25, 0.3) is 10.8 Å². The van der Waals surface area contributed by atoms with Gasteiger partial charge in [-0.3, -0.25) is 4.79 Å². The van der Waals surface area contributed by atoms with Crippen molar-refractivity contribution in [2.75, 3.05) is 20.8 Å². The number of rotatable bonds is 6. The van der Waals surface area contributed by atoms with Gasteiger partial charge in [0.15, 0.2) is 0 Å². The number of hydrogen-bond donors (Lipinski definition) is 1.